The van der Waals surface area contributed by atoms with Crippen LogP contribution >= 0.6 is 0 Å². The Morgan fingerprint density at radius 3 is 2.20 bits per heavy atom. The first-order valence-corrected chi connectivity index (χ1v) is 12.2. The Labute approximate surface area is 209 Å². The molecule has 0 spiro atoms. The van der Waals surface area contributed by atoms with Crippen LogP contribution < -0.4 is 10.1 Å². The predicted octanol–water partition coefficient (Wildman–Crippen LogP) is 5.98. The number of allylic oxidation sites excluding steroid dienone is 1. The van der Waals surface area contributed by atoms with Crippen molar-refractivity contribution < 1.29 is 9.53 Å². The molecule has 0 radical (unpaired) electrons. The molecule has 4 nitrogen and oxygen atoms in total. The molecule has 0 aliphatic carbocycles. The molecule has 4 heteroatoms. The van der Waals surface area contributed by atoms with Crippen molar-refractivity contribution in [1.82, 2.24) is 10.2 Å². The summed E-state index contributed by atoms with van der Waals surface area (Å²) in [4.78, 5) is 13.1. The first kappa shape index (κ1) is 26.0. The van der Waals surface area contributed by atoms with Crippen LogP contribution in [0.2, 0.25) is 0 Å². The van der Waals surface area contributed by atoms with Crippen molar-refractivity contribution in [1.29, 1.82) is 0 Å². The van der Waals surface area contributed by atoms with E-state index in [4.69, 9.17) is 4.74 Å². The van der Waals surface area contributed by atoms with Crippen molar-refractivity contribution in [3.05, 3.63) is 113 Å². The fraction of sp³-hybridized carbons (Fsp3) is 0.258. The highest BCUT2D eigenvalue weighted by Crippen LogP contribution is 2.36. The van der Waals surface area contributed by atoms with Crippen LogP contribution in [0.5, 0.6) is 5.75 Å². The molecule has 35 heavy (non-hydrogen) atoms. The van der Waals surface area contributed by atoms with Gasteiger partial charge in [-0.2, -0.15) is 0 Å². The van der Waals surface area contributed by atoms with E-state index in [-0.39, 0.29) is 5.91 Å². The van der Waals surface area contributed by atoms with Crippen molar-refractivity contribution in [2.45, 2.75) is 20.3 Å². The van der Waals surface area contributed by atoms with E-state index in [1.165, 1.54) is 33.4 Å². The molecule has 3 aromatic rings. The van der Waals surface area contributed by atoms with Crippen LogP contribution in [0.15, 0.2) is 91.0 Å². The summed E-state index contributed by atoms with van der Waals surface area (Å²) in [6.45, 7) is 6.25. The molecule has 0 unspecified atom stereocenters. The molecule has 0 aromatic heterocycles. The van der Waals surface area contributed by atoms with Gasteiger partial charge in [-0.05, 0) is 58.9 Å². The number of nitrogens with zero attached hydrogens (tertiary/aromatic N) is 1. The minimum atomic E-state index is -0.0129. The largest absolute Gasteiger partial charge is 0.492 e. The van der Waals surface area contributed by atoms with E-state index in [1.807, 2.05) is 6.08 Å². The number of carbonyl (C=O) groups excluding carboxylic acids is 1. The number of amides is 1. The summed E-state index contributed by atoms with van der Waals surface area (Å²) in [6.07, 6.45) is 4.34. The van der Waals surface area contributed by atoms with Gasteiger partial charge in [-0.15, -0.1) is 0 Å². The number of hydrogen-bond acceptors (Lipinski definition) is 3. The Bertz CT molecular complexity index is 1150. The van der Waals surface area contributed by atoms with Gasteiger partial charge < -0.3 is 15.0 Å². The van der Waals surface area contributed by atoms with Gasteiger partial charge in [-0.3, -0.25) is 4.79 Å². The van der Waals surface area contributed by atoms with E-state index in [2.05, 4.69) is 98.0 Å². The van der Waals surface area contributed by atoms with E-state index >= 15 is 0 Å². The van der Waals surface area contributed by atoms with Gasteiger partial charge >= 0.3 is 0 Å². The third kappa shape index (κ3) is 7.43. The lowest BCUT2D eigenvalue weighted by molar-refractivity contribution is -0.123. The highest BCUT2D eigenvalue weighted by molar-refractivity contribution is 5.99. The molecule has 3 aromatic carbocycles. The smallest absolute Gasteiger partial charge is 0.245 e. The van der Waals surface area contributed by atoms with Gasteiger partial charge in [0, 0.05) is 33.3 Å². The zero-order chi connectivity index (χ0) is 25.0. The van der Waals surface area contributed by atoms with Crippen LogP contribution in [0.1, 0.15) is 35.6 Å². The van der Waals surface area contributed by atoms with Crippen molar-refractivity contribution in [2.75, 3.05) is 33.8 Å². The summed E-state index contributed by atoms with van der Waals surface area (Å²) >= 11 is 0. The van der Waals surface area contributed by atoms with Crippen molar-refractivity contribution in [3.8, 4) is 5.75 Å². The predicted molar refractivity (Wildman–Crippen MR) is 146 cm³/mol. The van der Waals surface area contributed by atoms with Crippen LogP contribution in [0.25, 0.3) is 11.1 Å². The van der Waals surface area contributed by atoms with E-state index in [0.29, 0.717) is 19.7 Å². The molecule has 3 rings (SSSR count). The first-order valence-electron chi connectivity index (χ1n) is 12.2. The summed E-state index contributed by atoms with van der Waals surface area (Å²) < 4.78 is 5.99. The molecule has 0 atom stereocenters. The van der Waals surface area contributed by atoms with Gasteiger partial charge in [-0.1, -0.05) is 79.7 Å². The normalized spacial score (nSPS) is 11.9. The SMILES string of the molecule is CC/C(=C(\c1ccccc1)c1ccc(OCCNC/C=C/C(=O)N(C)C)cc1C)c1ccccc1. The molecule has 0 saturated heterocycles. The van der Waals surface area contributed by atoms with E-state index in [0.717, 1.165) is 12.2 Å². The Kier molecular flexibility index (Phi) is 9.88. The van der Waals surface area contributed by atoms with Crippen molar-refractivity contribution in [2.24, 2.45) is 0 Å². The molecule has 0 aliphatic heterocycles. The molecule has 0 saturated carbocycles. The third-order valence-corrected chi connectivity index (χ3v) is 5.82. The maximum atomic E-state index is 11.5. The molecule has 0 heterocycles. The highest BCUT2D eigenvalue weighted by atomic mass is 16.5. The second-order valence-corrected chi connectivity index (χ2v) is 8.60. The Morgan fingerprint density at radius 2 is 1.60 bits per heavy atom. The molecule has 0 fully saturated rings. The quantitative estimate of drug-likeness (QED) is 0.214. The maximum Gasteiger partial charge on any atom is 0.245 e. The third-order valence-electron chi connectivity index (χ3n) is 5.82. The fourth-order valence-electron chi connectivity index (χ4n) is 4.00. The van der Waals surface area contributed by atoms with Crippen LogP contribution in [0.3, 0.4) is 0 Å². The lowest BCUT2D eigenvalue weighted by atomic mass is 9.86. The van der Waals surface area contributed by atoms with Crippen LogP contribution in [-0.2, 0) is 4.79 Å². The van der Waals surface area contributed by atoms with E-state index < -0.39 is 0 Å². The summed E-state index contributed by atoms with van der Waals surface area (Å²) in [5.41, 5.74) is 7.47. The number of likely N-dealkylation sites (N-methyl/N-ethyl adjacent to an activating group) is 1. The monoisotopic (exact) mass is 468 g/mol. The number of aryl methyl sites for hydroxylation is 1. The van der Waals surface area contributed by atoms with Crippen LogP contribution in [-0.4, -0.2) is 44.6 Å². The first-order chi connectivity index (χ1) is 17.0. The molecule has 1 amide bonds. The van der Waals surface area contributed by atoms with Gasteiger partial charge in [0.15, 0.2) is 0 Å². The van der Waals surface area contributed by atoms with Crippen molar-refractivity contribution in [3.63, 3.8) is 0 Å². The Morgan fingerprint density at radius 1 is 0.943 bits per heavy atom. The number of ether oxygens (including phenoxy) is 1. The van der Waals surface area contributed by atoms with Crippen molar-refractivity contribution >= 4 is 17.1 Å². The summed E-state index contributed by atoms with van der Waals surface area (Å²) in [7, 11) is 3.48. The minimum Gasteiger partial charge on any atom is -0.492 e. The number of carbonyl (C=O) groups is 1. The number of rotatable bonds is 11. The van der Waals surface area contributed by atoms with Gasteiger partial charge in [0.05, 0.1) is 0 Å². The van der Waals surface area contributed by atoms with Gasteiger partial charge in [-0.25, -0.2) is 0 Å². The Hall–Kier alpha value is -3.63. The van der Waals surface area contributed by atoms with Crippen LogP contribution in [0.4, 0.5) is 0 Å². The number of hydrogen-bond donors (Lipinski definition) is 1. The fourth-order valence-corrected chi connectivity index (χ4v) is 4.00. The van der Waals surface area contributed by atoms with Gasteiger partial charge in [0.1, 0.15) is 12.4 Å². The van der Waals surface area contributed by atoms with E-state index in [9.17, 15) is 4.79 Å². The number of nitrogens with one attached hydrogen (secondary N) is 1. The second kappa shape index (κ2) is 13.3. The molecule has 182 valence electrons. The molecule has 0 bridgehead atoms. The second-order valence-electron chi connectivity index (χ2n) is 8.60. The number of benzene rings is 3. The summed E-state index contributed by atoms with van der Waals surface area (Å²) in [5, 5.41) is 3.27. The summed E-state index contributed by atoms with van der Waals surface area (Å²) in [6, 6.07) is 27.6. The molecular weight excluding hydrogens is 432 g/mol. The van der Waals surface area contributed by atoms with Crippen LogP contribution in [0, 0.1) is 6.92 Å². The lowest BCUT2D eigenvalue weighted by Gasteiger charge is -2.19. The average Bonchev–Trinajstić information content (AvgIpc) is 2.88. The highest BCUT2D eigenvalue weighted by Gasteiger charge is 2.15. The topological polar surface area (TPSA) is 41.6 Å². The summed E-state index contributed by atoms with van der Waals surface area (Å²) in [5.74, 6) is 0.845. The minimum absolute atomic E-state index is 0.0129. The standard InChI is InChI=1S/C31H36N2O2/c1-5-28(25-13-8-6-9-14-25)31(26-15-10-7-11-16-26)29-19-18-27(23-24(29)2)35-22-21-32-20-12-17-30(34)33(3)4/h6-19,23,32H,5,20-22H2,1-4H3/b17-12+,31-28-. The Balaban J connectivity index is 1.75. The zero-order valence-electron chi connectivity index (χ0n) is 21.3. The molecule has 0 aliphatic rings. The zero-order valence-corrected chi connectivity index (χ0v) is 21.3. The van der Waals surface area contributed by atoms with Gasteiger partial charge in [0.25, 0.3) is 0 Å². The maximum absolute atomic E-state index is 11.5. The lowest BCUT2D eigenvalue weighted by Crippen LogP contribution is -2.22. The molecule has 1 N–H and O–H groups in total. The average molecular weight is 469 g/mol. The van der Waals surface area contributed by atoms with Gasteiger partial charge in [0.2, 0.25) is 5.91 Å². The molecular formula is C31H36N2O2. The van der Waals surface area contributed by atoms with E-state index in [1.54, 1.807) is 25.1 Å².